The molecule has 178 valence electrons. The molecule has 2 aliphatic heterocycles. The Bertz CT molecular complexity index is 1280. The third kappa shape index (κ3) is 5.87. The third-order valence-electron chi connectivity index (χ3n) is 5.26. The molecule has 2 saturated heterocycles. The van der Waals surface area contributed by atoms with Crippen LogP contribution >= 0.6 is 23.4 Å². The van der Waals surface area contributed by atoms with Crippen LogP contribution in [0, 0.1) is 0 Å². The predicted octanol–water partition coefficient (Wildman–Crippen LogP) is 4.08. The SMILES string of the molecule is O=C1NC(=O)/C(=C\c2cccc(Oc3cc(OC4CCN(c5ncc(Cl)cn5)CC4)ncn3)c2)S1. The lowest BCUT2D eigenvalue weighted by atomic mass is 10.1. The highest BCUT2D eigenvalue weighted by atomic mass is 35.5. The first-order chi connectivity index (χ1) is 17.0. The van der Waals surface area contributed by atoms with Crippen molar-refractivity contribution in [3.8, 4) is 17.5 Å². The molecule has 0 atom stereocenters. The number of ether oxygens (including phenoxy) is 2. The highest BCUT2D eigenvalue weighted by molar-refractivity contribution is 8.18. The lowest BCUT2D eigenvalue weighted by molar-refractivity contribution is -0.115. The number of anilines is 1. The normalized spacial score (nSPS) is 17.5. The molecule has 5 rings (SSSR count). The van der Waals surface area contributed by atoms with Crippen LogP contribution in [0.3, 0.4) is 0 Å². The maximum absolute atomic E-state index is 11.8. The number of carbonyl (C=O) groups excluding carboxylic acids is 2. The molecule has 0 saturated carbocycles. The van der Waals surface area contributed by atoms with Crippen LogP contribution in [0.4, 0.5) is 10.7 Å². The maximum atomic E-state index is 11.8. The van der Waals surface area contributed by atoms with Gasteiger partial charge in [0.2, 0.25) is 17.7 Å². The summed E-state index contributed by atoms with van der Waals surface area (Å²) in [6.07, 6.45) is 7.77. The molecule has 0 unspecified atom stereocenters. The fraction of sp³-hybridized carbons (Fsp3) is 0.217. The Balaban J connectivity index is 1.19. The largest absolute Gasteiger partial charge is 0.474 e. The molecule has 1 aromatic carbocycles. The zero-order valence-corrected chi connectivity index (χ0v) is 19.8. The van der Waals surface area contributed by atoms with E-state index in [1.54, 1.807) is 42.7 Å². The molecule has 0 spiro atoms. The topological polar surface area (TPSA) is 119 Å². The van der Waals surface area contributed by atoms with Gasteiger partial charge in [0.25, 0.3) is 11.1 Å². The molecular weight excluding hydrogens is 492 g/mol. The number of halogens is 1. The highest BCUT2D eigenvalue weighted by Crippen LogP contribution is 2.28. The molecule has 4 heterocycles. The van der Waals surface area contributed by atoms with Gasteiger partial charge in [-0.15, -0.1) is 0 Å². The maximum Gasteiger partial charge on any atom is 0.290 e. The van der Waals surface area contributed by atoms with Crippen molar-refractivity contribution in [2.75, 3.05) is 18.0 Å². The number of nitrogens with one attached hydrogen (secondary N) is 1. The van der Waals surface area contributed by atoms with Crippen molar-refractivity contribution in [3.63, 3.8) is 0 Å². The fourth-order valence-electron chi connectivity index (χ4n) is 3.62. The van der Waals surface area contributed by atoms with Gasteiger partial charge in [-0.2, -0.15) is 0 Å². The van der Waals surface area contributed by atoms with E-state index in [0.29, 0.717) is 33.4 Å². The van der Waals surface area contributed by atoms with Gasteiger partial charge in [-0.1, -0.05) is 23.7 Å². The monoisotopic (exact) mass is 510 g/mol. The van der Waals surface area contributed by atoms with Crippen molar-refractivity contribution in [1.29, 1.82) is 0 Å². The van der Waals surface area contributed by atoms with Gasteiger partial charge in [-0.25, -0.2) is 19.9 Å². The van der Waals surface area contributed by atoms with Crippen LogP contribution in [0.1, 0.15) is 18.4 Å². The summed E-state index contributed by atoms with van der Waals surface area (Å²) in [6.45, 7) is 1.51. The molecule has 1 N–H and O–H groups in total. The number of imide groups is 1. The van der Waals surface area contributed by atoms with Crippen molar-refractivity contribution in [2.24, 2.45) is 0 Å². The fourth-order valence-corrected chi connectivity index (χ4v) is 4.40. The van der Waals surface area contributed by atoms with E-state index < -0.39 is 5.91 Å². The van der Waals surface area contributed by atoms with Crippen LogP contribution in [-0.2, 0) is 4.79 Å². The van der Waals surface area contributed by atoms with E-state index in [2.05, 4.69) is 30.2 Å². The number of carbonyl (C=O) groups is 2. The van der Waals surface area contributed by atoms with Crippen LogP contribution in [0.25, 0.3) is 6.08 Å². The molecule has 3 aromatic rings. The standard InChI is InChI=1S/C23H19ClN6O4S/c24-15-11-25-22(26-12-15)30-6-4-16(5-7-30)33-19-10-20(28-13-27-19)34-17-3-1-2-14(8-17)9-18-21(31)29-23(32)35-18/h1-3,8-13,16H,4-7H2,(H,29,31,32)/b18-9+. The average Bonchev–Trinajstić information content (AvgIpc) is 3.17. The molecular formula is C23H19ClN6O4S. The molecule has 2 fully saturated rings. The third-order valence-corrected chi connectivity index (χ3v) is 6.26. The van der Waals surface area contributed by atoms with Crippen molar-refractivity contribution in [3.05, 3.63) is 64.5 Å². The Labute approximate surface area is 209 Å². The number of nitrogens with zero attached hydrogens (tertiary/aromatic N) is 5. The zero-order chi connectivity index (χ0) is 24.2. The summed E-state index contributed by atoms with van der Waals surface area (Å²) >= 11 is 6.73. The Morgan fingerprint density at radius 1 is 1.06 bits per heavy atom. The smallest absolute Gasteiger partial charge is 0.290 e. The first-order valence-electron chi connectivity index (χ1n) is 10.8. The summed E-state index contributed by atoms with van der Waals surface area (Å²) in [5.41, 5.74) is 0.719. The van der Waals surface area contributed by atoms with E-state index in [-0.39, 0.29) is 11.3 Å². The first kappa shape index (κ1) is 23.1. The lowest BCUT2D eigenvalue weighted by Gasteiger charge is -2.31. The summed E-state index contributed by atoms with van der Waals surface area (Å²) in [6, 6.07) is 8.76. The van der Waals surface area contributed by atoms with E-state index in [0.717, 1.165) is 43.3 Å². The van der Waals surface area contributed by atoms with E-state index in [9.17, 15) is 9.59 Å². The van der Waals surface area contributed by atoms with Crippen LogP contribution in [0.15, 0.2) is 54.0 Å². The lowest BCUT2D eigenvalue weighted by Crippen LogP contribution is -2.39. The Kier molecular flexibility index (Phi) is 6.77. The number of rotatable bonds is 6. The Morgan fingerprint density at radius 3 is 2.57 bits per heavy atom. The summed E-state index contributed by atoms with van der Waals surface area (Å²) in [5, 5.41) is 2.36. The van der Waals surface area contributed by atoms with E-state index in [4.69, 9.17) is 21.1 Å². The second-order valence-electron chi connectivity index (χ2n) is 7.73. The second-order valence-corrected chi connectivity index (χ2v) is 9.18. The van der Waals surface area contributed by atoms with Crippen LogP contribution in [0.2, 0.25) is 5.02 Å². The minimum absolute atomic E-state index is 0.00554. The summed E-state index contributed by atoms with van der Waals surface area (Å²) in [7, 11) is 0. The number of piperidine rings is 1. The van der Waals surface area contributed by atoms with Gasteiger partial charge in [0.15, 0.2) is 0 Å². The van der Waals surface area contributed by atoms with Gasteiger partial charge >= 0.3 is 0 Å². The highest BCUT2D eigenvalue weighted by Gasteiger charge is 2.25. The molecule has 0 aliphatic carbocycles. The molecule has 2 amide bonds. The molecule has 0 radical (unpaired) electrons. The number of hydrogen-bond acceptors (Lipinski definition) is 10. The van der Waals surface area contributed by atoms with Gasteiger partial charge in [-0.3, -0.25) is 14.9 Å². The minimum Gasteiger partial charge on any atom is -0.474 e. The zero-order valence-electron chi connectivity index (χ0n) is 18.3. The van der Waals surface area contributed by atoms with Crippen LogP contribution in [-0.4, -0.2) is 50.3 Å². The van der Waals surface area contributed by atoms with Crippen molar-refractivity contribution < 1.29 is 19.1 Å². The van der Waals surface area contributed by atoms with Gasteiger partial charge in [0.1, 0.15) is 18.2 Å². The molecule has 0 bridgehead atoms. The number of aromatic nitrogens is 4. The van der Waals surface area contributed by atoms with Crippen molar-refractivity contribution >= 4 is 46.5 Å². The number of thioether (sulfide) groups is 1. The predicted molar refractivity (Wildman–Crippen MR) is 131 cm³/mol. The Hall–Kier alpha value is -3.70. The quantitative estimate of drug-likeness (QED) is 0.485. The van der Waals surface area contributed by atoms with Crippen LogP contribution < -0.4 is 19.7 Å². The van der Waals surface area contributed by atoms with Crippen molar-refractivity contribution in [2.45, 2.75) is 18.9 Å². The number of hydrogen-bond donors (Lipinski definition) is 1. The number of amides is 2. The molecule has 10 nitrogen and oxygen atoms in total. The molecule has 2 aromatic heterocycles. The van der Waals surface area contributed by atoms with E-state index >= 15 is 0 Å². The van der Waals surface area contributed by atoms with E-state index in [1.165, 1.54) is 6.33 Å². The average molecular weight is 511 g/mol. The van der Waals surface area contributed by atoms with Crippen LogP contribution in [0.5, 0.6) is 17.5 Å². The van der Waals surface area contributed by atoms with Crippen molar-refractivity contribution in [1.82, 2.24) is 25.3 Å². The first-order valence-corrected chi connectivity index (χ1v) is 12.0. The Morgan fingerprint density at radius 2 is 1.83 bits per heavy atom. The molecule has 35 heavy (non-hydrogen) atoms. The summed E-state index contributed by atoms with van der Waals surface area (Å²) in [4.78, 5) is 42.5. The summed E-state index contributed by atoms with van der Waals surface area (Å²) < 4.78 is 11.9. The van der Waals surface area contributed by atoms with Gasteiger partial charge in [0.05, 0.1) is 28.4 Å². The van der Waals surface area contributed by atoms with Gasteiger partial charge in [0, 0.05) is 25.9 Å². The second kappa shape index (κ2) is 10.3. The van der Waals surface area contributed by atoms with Gasteiger partial charge < -0.3 is 14.4 Å². The molecule has 12 heteroatoms. The minimum atomic E-state index is -0.407. The molecule has 2 aliphatic rings. The number of benzene rings is 1. The summed E-state index contributed by atoms with van der Waals surface area (Å²) in [5.74, 6) is 1.52. The van der Waals surface area contributed by atoms with Gasteiger partial charge in [-0.05, 0) is 35.5 Å². The van der Waals surface area contributed by atoms with E-state index in [1.807, 2.05) is 6.07 Å².